The summed E-state index contributed by atoms with van der Waals surface area (Å²) in [4.78, 5) is 0. The van der Waals surface area contributed by atoms with E-state index in [0.29, 0.717) is 12.1 Å². The van der Waals surface area contributed by atoms with Crippen LogP contribution < -0.4 is 10.0 Å². The first-order chi connectivity index (χ1) is 14.7. The van der Waals surface area contributed by atoms with Gasteiger partial charge in [0.1, 0.15) is 11.6 Å². The van der Waals surface area contributed by atoms with Gasteiger partial charge in [-0.25, -0.2) is 12.8 Å². The highest BCUT2D eigenvalue weighted by Crippen LogP contribution is 2.33. The van der Waals surface area contributed by atoms with Gasteiger partial charge in [-0.1, -0.05) is 37.5 Å². The van der Waals surface area contributed by atoms with E-state index in [0.717, 1.165) is 50.3 Å². The number of hydrogen-bond donors (Lipinski definition) is 4. The molecular formula is C23H31FN2O4S. The van der Waals surface area contributed by atoms with Gasteiger partial charge in [0.15, 0.2) is 0 Å². The first kappa shape index (κ1) is 23.5. The van der Waals surface area contributed by atoms with Gasteiger partial charge in [-0.3, -0.25) is 4.72 Å². The maximum Gasteiger partial charge on any atom is 0.229 e. The average molecular weight is 451 g/mol. The van der Waals surface area contributed by atoms with E-state index in [-0.39, 0.29) is 22.8 Å². The number of rotatable bonds is 9. The number of nitrogens with one attached hydrogen (secondary N) is 2. The monoisotopic (exact) mass is 450 g/mol. The topological polar surface area (TPSA) is 98.7 Å². The van der Waals surface area contributed by atoms with E-state index >= 15 is 0 Å². The van der Waals surface area contributed by atoms with Crippen molar-refractivity contribution in [2.45, 2.75) is 56.6 Å². The Morgan fingerprint density at radius 1 is 1.10 bits per heavy atom. The molecule has 1 aliphatic carbocycles. The molecule has 31 heavy (non-hydrogen) atoms. The molecule has 0 saturated heterocycles. The molecule has 8 heteroatoms. The Balaban J connectivity index is 1.67. The normalized spacial score (nSPS) is 17.3. The number of aliphatic hydroxyl groups excluding tert-OH is 1. The van der Waals surface area contributed by atoms with Crippen molar-refractivity contribution < 1.29 is 23.0 Å². The Bertz CT molecular complexity index is 974. The SMILES string of the molecule is CS(=O)(=O)Nc1cc(C(O)CNC2(CCc3ccc(F)cc3)CCCCC2)ccc1O. The average Bonchev–Trinajstić information content (AvgIpc) is 2.73. The van der Waals surface area contributed by atoms with E-state index in [2.05, 4.69) is 10.0 Å². The number of β-amino-alcohol motifs (C(OH)–C–C–N with tert-alkyl or cyclic N) is 1. The van der Waals surface area contributed by atoms with Crippen LogP contribution in [-0.2, 0) is 16.4 Å². The second-order valence-electron chi connectivity index (χ2n) is 8.51. The molecule has 2 aromatic carbocycles. The second kappa shape index (κ2) is 9.97. The Kier molecular flexibility index (Phi) is 7.56. The van der Waals surface area contributed by atoms with E-state index in [1.165, 1.54) is 30.7 Å². The summed E-state index contributed by atoms with van der Waals surface area (Å²) in [5, 5.41) is 24.2. The predicted octanol–water partition coefficient (Wildman–Crippen LogP) is 3.86. The Morgan fingerprint density at radius 2 is 1.77 bits per heavy atom. The molecule has 1 unspecified atom stereocenters. The molecule has 3 rings (SSSR count). The zero-order chi connectivity index (χ0) is 22.5. The molecule has 0 aliphatic heterocycles. The minimum absolute atomic E-state index is 0.0442. The molecule has 1 saturated carbocycles. The van der Waals surface area contributed by atoms with Crippen molar-refractivity contribution >= 4 is 15.7 Å². The summed E-state index contributed by atoms with van der Waals surface area (Å²) >= 11 is 0. The van der Waals surface area contributed by atoms with Crippen molar-refractivity contribution in [1.29, 1.82) is 0 Å². The van der Waals surface area contributed by atoms with Crippen molar-refractivity contribution in [2.75, 3.05) is 17.5 Å². The lowest BCUT2D eigenvalue weighted by Gasteiger charge is -2.39. The Labute approximate surface area is 183 Å². The van der Waals surface area contributed by atoms with Gasteiger partial charge in [0, 0.05) is 12.1 Å². The Morgan fingerprint density at radius 3 is 2.42 bits per heavy atom. The number of aliphatic hydroxyl groups is 1. The van der Waals surface area contributed by atoms with Crippen molar-refractivity contribution in [3.8, 4) is 5.75 Å². The van der Waals surface area contributed by atoms with E-state index in [1.807, 2.05) is 12.1 Å². The van der Waals surface area contributed by atoms with Gasteiger partial charge >= 0.3 is 0 Å². The highest BCUT2D eigenvalue weighted by molar-refractivity contribution is 7.92. The van der Waals surface area contributed by atoms with Gasteiger partial charge in [-0.15, -0.1) is 0 Å². The van der Waals surface area contributed by atoms with Gasteiger partial charge in [0.05, 0.1) is 18.0 Å². The fourth-order valence-corrected chi connectivity index (χ4v) is 4.81. The minimum Gasteiger partial charge on any atom is -0.506 e. The highest BCUT2D eigenvalue weighted by Gasteiger charge is 2.31. The van der Waals surface area contributed by atoms with Crippen LogP contribution in [0.2, 0.25) is 0 Å². The van der Waals surface area contributed by atoms with Crippen molar-refractivity contribution in [3.05, 3.63) is 59.4 Å². The van der Waals surface area contributed by atoms with Gasteiger partial charge in [0.25, 0.3) is 0 Å². The van der Waals surface area contributed by atoms with Gasteiger partial charge in [-0.2, -0.15) is 0 Å². The number of phenols is 1. The lowest BCUT2D eigenvalue weighted by molar-refractivity contribution is 0.136. The van der Waals surface area contributed by atoms with Crippen LogP contribution in [0, 0.1) is 5.82 Å². The third-order valence-corrected chi connectivity index (χ3v) is 6.58. The molecule has 4 N–H and O–H groups in total. The molecule has 0 bridgehead atoms. The number of aromatic hydroxyl groups is 1. The number of benzene rings is 2. The minimum atomic E-state index is -3.55. The highest BCUT2D eigenvalue weighted by atomic mass is 32.2. The number of phenolic OH excluding ortho intramolecular Hbond substituents is 1. The summed E-state index contributed by atoms with van der Waals surface area (Å²) in [5.74, 6) is -0.437. The summed E-state index contributed by atoms with van der Waals surface area (Å²) in [7, 11) is -3.55. The van der Waals surface area contributed by atoms with Gasteiger partial charge in [0.2, 0.25) is 10.0 Å². The van der Waals surface area contributed by atoms with Crippen LogP contribution in [-0.4, -0.2) is 37.0 Å². The molecule has 1 atom stereocenters. The molecule has 0 heterocycles. The number of anilines is 1. The molecule has 6 nitrogen and oxygen atoms in total. The molecule has 0 radical (unpaired) electrons. The standard InChI is InChI=1S/C23H31FN2O4S/c1-31(29,30)26-20-15-18(7-10-21(20)27)22(28)16-25-23(12-3-2-4-13-23)14-11-17-5-8-19(24)9-6-17/h5-10,15,22,25-28H,2-4,11-14,16H2,1H3. The van der Waals surface area contributed by atoms with Crippen LogP contribution >= 0.6 is 0 Å². The van der Waals surface area contributed by atoms with E-state index in [9.17, 15) is 23.0 Å². The molecule has 0 aromatic heterocycles. The van der Waals surface area contributed by atoms with Crippen molar-refractivity contribution in [1.82, 2.24) is 5.32 Å². The summed E-state index contributed by atoms with van der Waals surface area (Å²) in [5.41, 5.74) is 1.55. The summed E-state index contributed by atoms with van der Waals surface area (Å²) < 4.78 is 38.4. The zero-order valence-corrected chi connectivity index (χ0v) is 18.6. The molecular weight excluding hydrogens is 419 g/mol. The fraction of sp³-hybridized carbons (Fsp3) is 0.478. The van der Waals surface area contributed by atoms with Crippen LogP contribution in [0.1, 0.15) is 55.8 Å². The molecule has 170 valence electrons. The second-order valence-corrected chi connectivity index (χ2v) is 10.3. The van der Waals surface area contributed by atoms with Crippen LogP contribution in [0.15, 0.2) is 42.5 Å². The fourth-order valence-electron chi connectivity index (χ4n) is 4.25. The number of hydrogen-bond acceptors (Lipinski definition) is 5. The largest absolute Gasteiger partial charge is 0.506 e. The maximum atomic E-state index is 13.2. The third kappa shape index (κ3) is 6.92. The zero-order valence-electron chi connectivity index (χ0n) is 17.8. The van der Waals surface area contributed by atoms with Crippen LogP contribution in [0.4, 0.5) is 10.1 Å². The first-order valence-corrected chi connectivity index (χ1v) is 12.5. The summed E-state index contributed by atoms with van der Waals surface area (Å²) in [6, 6.07) is 11.0. The smallest absolute Gasteiger partial charge is 0.229 e. The quantitative estimate of drug-likeness (QED) is 0.435. The van der Waals surface area contributed by atoms with Crippen LogP contribution in [0.25, 0.3) is 0 Å². The third-order valence-electron chi connectivity index (χ3n) is 5.99. The number of sulfonamides is 1. The molecule has 0 spiro atoms. The predicted molar refractivity (Wildman–Crippen MR) is 120 cm³/mol. The molecule has 1 aliphatic rings. The lowest BCUT2D eigenvalue weighted by Crippen LogP contribution is -2.48. The van der Waals surface area contributed by atoms with E-state index in [1.54, 1.807) is 6.07 Å². The molecule has 0 amide bonds. The lowest BCUT2D eigenvalue weighted by atomic mass is 9.77. The molecule has 2 aromatic rings. The maximum absolute atomic E-state index is 13.2. The van der Waals surface area contributed by atoms with Crippen molar-refractivity contribution in [2.24, 2.45) is 0 Å². The molecule has 1 fully saturated rings. The van der Waals surface area contributed by atoms with Crippen LogP contribution in [0.3, 0.4) is 0 Å². The first-order valence-electron chi connectivity index (χ1n) is 10.6. The van der Waals surface area contributed by atoms with E-state index in [4.69, 9.17) is 0 Å². The van der Waals surface area contributed by atoms with Crippen molar-refractivity contribution in [3.63, 3.8) is 0 Å². The van der Waals surface area contributed by atoms with E-state index < -0.39 is 16.1 Å². The summed E-state index contributed by atoms with van der Waals surface area (Å²) in [6.45, 7) is 0.312. The summed E-state index contributed by atoms with van der Waals surface area (Å²) in [6.07, 6.45) is 7.32. The van der Waals surface area contributed by atoms with Gasteiger partial charge in [-0.05, 0) is 61.1 Å². The van der Waals surface area contributed by atoms with Crippen LogP contribution in [0.5, 0.6) is 5.75 Å². The Hall–Kier alpha value is -2.16. The number of aryl methyl sites for hydroxylation is 1. The van der Waals surface area contributed by atoms with Gasteiger partial charge < -0.3 is 15.5 Å². The number of halogens is 1.